The molecule has 0 aromatic heterocycles. The summed E-state index contributed by atoms with van der Waals surface area (Å²) < 4.78 is 4.87. The maximum atomic E-state index is 12.7. The van der Waals surface area contributed by atoms with E-state index in [-0.39, 0.29) is 18.3 Å². The van der Waals surface area contributed by atoms with Crippen molar-refractivity contribution in [1.82, 2.24) is 5.43 Å². The van der Waals surface area contributed by atoms with Crippen LogP contribution in [0.25, 0.3) is 0 Å². The molecule has 0 heterocycles. The van der Waals surface area contributed by atoms with Gasteiger partial charge in [0, 0.05) is 5.71 Å². The Hall–Kier alpha value is -2.95. The lowest BCUT2D eigenvalue weighted by atomic mass is 9.91. The minimum atomic E-state index is -0.471. The monoisotopic (exact) mass is 338 g/mol. The number of hydrogen-bond donors (Lipinski definition) is 1. The molecule has 0 fully saturated rings. The maximum Gasteiger partial charge on any atom is 0.311 e. The molecule has 0 radical (unpaired) electrons. The second-order valence-corrected chi connectivity index (χ2v) is 5.56. The quantitative estimate of drug-likeness (QED) is 0.479. The summed E-state index contributed by atoms with van der Waals surface area (Å²) in [5.74, 6) is -1.08. The summed E-state index contributed by atoms with van der Waals surface area (Å²) in [6, 6.07) is 19.0. The molecule has 1 N–H and O–H groups in total. The minimum Gasteiger partial charge on any atom is -0.466 e. The van der Waals surface area contributed by atoms with Gasteiger partial charge < -0.3 is 4.74 Å². The van der Waals surface area contributed by atoms with Crippen LogP contribution in [0.1, 0.15) is 37.3 Å². The molecule has 5 heteroatoms. The fourth-order valence-corrected chi connectivity index (χ4v) is 2.46. The van der Waals surface area contributed by atoms with E-state index in [9.17, 15) is 9.59 Å². The van der Waals surface area contributed by atoms with Gasteiger partial charge in [0.25, 0.3) is 5.91 Å². The largest absolute Gasteiger partial charge is 0.466 e. The first-order valence-corrected chi connectivity index (χ1v) is 8.20. The average molecular weight is 338 g/mol. The topological polar surface area (TPSA) is 67.8 Å². The first kappa shape index (κ1) is 18.4. The molecule has 0 aliphatic rings. The fourth-order valence-electron chi connectivity index (χ4n) is 2.46. The van der Waals surface area contributed by atoms with Crippen LogP contribution in [0.5, 0.6) is 0 Å². The Morgan fingerprint density at radius 3 is 2.00 bits per heavy atom. The number of nitrogens with one attached hydrogen (secondary N) is 1. The van der Waals surface area contributed by atoms with E-state index >= 15 is 0 Å². The number of amides is 1. The Morgan fingerprint density at radius 1 is 1.00 bits per heavy atom. The van der Waals surface area contributed by atoms with Crippen molar-refractivity contribution >= 4 is 17.6 Å². The zero-order chi connectivity index (χ0) is 18.1. The van der Waals surface area contributed by atoms with Crippen molar-refractivity contribution in [3.05, 3.63) is 71.8 Å². The van der Waals surface area contributed by atoms with E-state index in [2.05, 4.69) is 10.5 Å². The number of carbonyl (C=O) groups excluding carboxylic acids is 2. The van der Waals surface area contributed by atoms with Crippen molar-refractivity contribution in [2.75, 3.05) is 6.61 Å². The zero-order valence-electron chi connectivity index (χ0n) is 14.4. The fraction of sp³-hybridized carbons (Fsp3) is 0.250. The number of esters is 1. The van der Waals surface area contributed by atoms with Gasteiger partial charge in [-0.1, -0.05) is 60.7 Å². The number of benzene rings is 2. The summed E-state index contributed by atoms with van der Waals surface area (Å²) in [4.78, 5) is 24.2. The lowest BCUT2D eigenvalue weighted by molar-refractivity contribution is -0.141. The van der Waals surface area contributed by atoms with Crippen LogP contribution in [0.15, 0.2) is 65.8 Å². The number of nitrogens with zero attached hydrogens (tertiary/aromatic N) is 1. The van der Waals surface area contributed by atoms with Crippen LogP contribution in [0.2, 0.25) is 0 Å². The van der Waals surface area contributed by atoms with E-state index in [4.69, 9.17) is 4.74 Å². The Bertz CT molecular complexity index is 688. The van der Waals surface area contributed by atoms with Crippen LogP contribution in [-0.2, 0) is 14.3 Å². The first-order chi connectivity index (χ1) is 12.1. The third kappa shape index (κ3) is 5.57. The Morgan fingerprint density at radius 2 is 1.52 bits per heavy atom. The van der Waals surface area contributed by atoms with Crippen LogP contribution in [0, 0.1) is 0 Å². The molecule has 25 heavy (non-hydrogen) atoms. The Kier molecular flexibility index (Phi) is 6.89. The number of hydrazone groups is 1. The van der Waals surface area contributed by atoms with Crippen LogP contribution < -0.4 is 5.43 Å². The van der Waals surface area contributed by atoms with E-state index in [0.29, 0.717) is 12.3 Å². The van der Waals surface area contributed by atoms with E-state index < -0.39 is 5.92 Å². The standard InChI is InChI=1S/C20H22N2O3/c1-3-25-18(23)14-15(2)21-22-20(24)19(16-10-6-4-7-11-16)17-12-8-5-9-13-17/h4-13,19H,3,14H2,1-2H3,(H,22,24). The summed E-state index contributed by atoms with van der Waals surface area (Å²) in [7, 11) is 0. The van der Waals surface area contributed by atoms with Crippen LogP contribution in [0.4, 0.5) is 0 Å². The summed E-state index contributed by atoms with van der Waals surface area (Å²) in [5, 5.41) is 4.03. The second-order valence-electron chi connectivity index (χ2n) is 5.56. The first-order valence-electron chi connectivity index (χ1n) is 8.20. The van der Waals surface area contributed by atoms with Crippen LogP contribution in [0.3, 0.4) is 0 Å². The van der Waals surface area contributed by atoms with Gasteiger partial charge in [-0.2, -0.15) is 5.10 Å². The SMILES string of the molecule is CCOC(=O)CC(C)=NNC(=O)C(c1ccccc1)c1ccccc1. The molecular weight excluding hydrogens is 316 g/mol. The van der Waals surface area contributed by atoms with Crippen molar-refractivity contribution < 1.29 is 14.3 Å². The van der Waals surface area contributed by atoms with E-state index in [1.807, 2.05) is 60.7 Å². The highest BCUT2D eigenvalue weighted by Crippen LogP contribution is 2.24. The number of rotatable bonds is 7. The maximum absolute atomic E-state index is 12.7. The van der Waals surface area contributed by atoms with Gasteiger partial charge in [-0.05, 0) is 25.0 Å². The van der Waals surface area contributed by atoms with Gasteiger partial charge in [0.1, 0.15) is 0 Å². The number of ether oxygens (including phenoxy) is 1. The summed E-state index contributed by atoms with van der Waals surface area (Å²) in [6.45, 7) is 3.75. The zero-order valence-corrected chi connectivity index (χ0v) is 14.4. The van der Waals surface area contributed by atoms with E-state index in [1.165, 1.54) is 0 Å². The predicted octanol–water partition coefficient (Wildman–Crippen LogP) is 3.26. The van der Waals surface area contributed by atoms with Crippen LogP contribution in [-0.4, -0.2) is 24.2 Å². The molecule has 0 aliphatic heterocycles. The van der Waals surface area contributed by atoms with Crippen molar-refractivity contribution in [2.24, 2.45) is 5.10 Å². The van der Waals surface area contributed by atoms with E-state index in [1.54, 1.807) is 13.8 Å². The molecule has 0 saturated heterocycles. The molecule has 5 nitrogen and oxygen atoms in total. The van der Waals surface area contributed by atoms with Gasteiger partial charge in [-0.25, -0.2) is 5.43 Å². The molecule has 0 unspecified atom stereocenters. The molecule has 2 rings (SSSR count). The summed E-state index contributed by atoms with van der Waals surface area (Å²) in [6.07, 6.45) is 0.0511. The van der Waals surface area contributed by atoms with Gasteiger partial charge in [-0.15, -0.1) is 0 Å². The number of hydrogen-bond acceptors (Lipinski definition) is 4. The van der Waals surface area contributed by atoms with Gasteiger partial charge >= 0.3 is 5.97 Å². The van der Waals surface area contributed by atoms with Crippen molar-refractivity contribution in [2.45, 2.75) is 26.2 Å². The van der Waals surface area contributed by atoms with Crippen molar-refractivity contribution in [3.63, 3.8) is 0 Å². The molecule has 0 saturated carbocycles. The molecule has 2 aromatic carbocycles. The molecule has 2 aromatic rings. The van der Waals surface area contributed by atoms with E-state index in [0.717, 1.165) is 11.1 Å². The van der Waals surface area contributed by atoms with Gasteiger partial charge in [0.05, 0.1) is 18.9 Å². The Labute approximate surface area is 147 Å². The molecule has 0 atom stereocenters. The predicted molar refractivity (Wildman–Crippen MR) is 97.2 cm³/mol. The smallest absolute Gasteiger partial charge is 0.311 e. The van der Waals surface area contributed by atoms with Gasteiger partial charge in [0.15, 0.2) is 0 Å². The summed E-state index contributed by atoms with van der Waals surface area (Å²) >= 11 is 0. The molecule has 0 bridgehead atoms. The van der Waals surface area contributed by atoms with Crippen molar-refractivity contribution in [3.8, 4) is 0 Å². The summed E-state index contributed by atoms with van der Waals surface area (Å²) in [5.41, 5.74) is 4.82. The lowest BCUT2D eigenvalue weighted by Crippen LogP contribution is -2.27. The molecule has 0 aliphatic carbocycles. The second kappa shape index (κ2) is 9.37. The number of carbonyl (C=O) groups is 2. The van der Waals surface area contributed by atoms with Crippen LogP contribution >= 0.6 is 0 Å². The lowest BCUT2D eigenvalue weighted by Gasteiger charge is -2.16. The minimum absolute atomic E-state index is 0.0511. The molecule has 130 valence electrons. The highest BCUT2D eigenvalue weighted by atomic mass is 16.5. The molecule has 1 amide bonds. The molecule has 0 spiro atoms. The highest BCUT2D eigenvalue weighted by molar-refractivity contribution is 5.98. The normalized spacial score (nSPS) is 11.2. The van der Waals surface area contributed by atoms with Gasteiger partial charge in [0.2, 0.25) is 0 Å². The van der Waals surface area contributed by atoms with Gasteiger partial charge in [-0.3, -0.25) is 9.59 Å². The third-order valence-corrected chi connectivity index (χ3v) is 3.59. The molecular formula is C20H22N2O3. The third-order valence-electron chi connectivity index (χ3n) is 3.59. The highest BCUT2D eigenvalue weighted by Gasteiger charge is 2.22. The Balaban J connectivity index is 2.15. The average Bonchev–Trinajstić information content (AvgIpc) is 2.62. The van der Waals surface area contributed by atoms with Crippen molar-refractivity contribution in [1.29, 1.82) is 0 Å².